The normalized spacial score (nSPS) is 11.0. The second-order valence-electron chi connectivity index (χ2n) is 5.09. The number of aromatic nitrogens is 3. The van der Waals surface area contributed by atoms with E-state index in [4.69, 9.17) is 11.6 Å². The number of nitrogens with one attached hydrogen (secondary N) is 1. The van der Waals surface area contributed by atoms with Gasteiger partial charge in [0.1, 0.15) is 0 Å². The smallest absolute Gasteiger partial charge is 0.214 e. The highest BCUT2D eigenvalue weighted by atomic mass is 35.5. The summed E-state index contributed by atoms with van der Waals surface area (Å²) < 4.78 is 1.85. The van der Waals surface area contributed by atoms with Gasteiger partial charge in [0.2, 0.25) is 10.1 Å². The van der Waals surface area contributed by atoms with Gasteiger partial charge in [0, 0.05) is 17.1 Å². The molecule has 0 amide bonds. The lowest BCUT2D eigenvalue weighted by molar-refractivity contribution is 0.968. The van der Waals surface area contributed by atoms with E-state index in [-0.39, 0.29) is 0 Å². The molecule has 0 saturated heterocycles. The van der Waals surface area contributed by atoms with Crippen LogP contribution in [0, 0.1) is 0 Å². The lowest BCUT2D eigenvalue weighted by Crippen LogP contribution is -1.99. The summed E-state index contributed by atoms with van der Waals surface area (Å²) in [4.78, 5) is 5.29. The van der Waals surface area contributed by atoms with Gasteiger partial charge in [-0.05, 0) is 17.7 Å². The predicted molar refractivity (Wildman–Crippen MR) is 95.1 cm³/mol. The first-order valence-corrected chi connectivity index (χ1v) is 8.37. The fourth-order valence-corrected chi connectivity index (χ4v) is 3.34. The number of rotatable bonds is 4. The molecule has 0 aliphatic carbocycles. The van der Waals surface area contributed by atoms with Crippen molar-refractivity contribution in [2.45, 2.75) is 6.54 Å². The Morgan fingerprint density at radius 1 is 1.09 bits per heavy atom. The Bertz CT molecular complexity index is 946. The number of fused-ring (bicyclic) bond motifs is 1. The van der Waals surface area contributed by atoms with Crippen molar-refractivity contribution in [3.05, 3.63) is 71.4 Å². The zero-order valence-electron chi connectivity index (χ0n) is 12.1. The standard InChI is InChI=1S/C17H13ClN4S/c18-14-8-4-7-13(9-14)15-11-20-17-22(15)21-16(23-17)19-10-12-5-2-1-3-6-12/h1-9,11H,10H2,(H,19,21). The number of anilines is 1. The maximum Gasteiger partial charge on any atom is 0.214 e. The van der Waals surface area contributed by atoms with Gasteiger partial charge in [0.15, 0.2) is 0 Å². The first kappa shape index (κ1) is 14.2. The van der Waals surface area contributed by atoms with E-state index in [0.29, 0.717) is 5.02 Å². The lowest BCUT2D eigenvalue weighted by Gasteiger charge is -2.02. The van der Waals surface area contributed by atoms with E-state index in [1.165, 1.54) is 16.9 Å². The highest BCUT2D eigenvalue weighted by molar-refractivity contribution is 7.20. The Morgan fingerprint density at radius 2 is 1.96 bits per heavy atom. The Hall–Kier alpha value is -2.37. The summed E-state index contributed by atoms with van der Waals surface area (Å²) in [7, 11) is 0. The van der Waals surface area contributed by atoms with Gasteiger partial charge in [0.05, 0.1) is 11.9 Å². The predicted octanol–water partition coefficient (Wildman–Crippen LogP) is 4.72. The number of imidazole rings is 1. The number of benzene rings is 2. The van der Waals surface area contributed by atoms with E-state index in [9.17, 15) is 0 Å². The van der Waals surface area contributed by atoms with Crippen LogP contribution in [0.15, 0.2) is 60.8 Å². The van der Waals surface area contributed by atoms with E-state index in [1.807, 2.05) is 53.2 Å². The maximum absolute atomic E-state index is 6.08. The summed E-state index contributed by atoms with van der Waals surface area (Å²) in [6.07, 6.45) is 1.82. The van der Waals surface area contributed by atoms with Crippen LogP contribution in [-0.2, 0) is 6.54 Å². The molecule has 0 radical (unpaired) electrons. The van der Waals surface area contributed by atoms with Crippen LogP contribution in [0.1, 0.15) is 5.56 Å². The van der Waals surface area contributed by atoms with Gasteiger partial charge < -0.3 is 5.32 Å². The van der Waals surface area contributed by atoms with Gasteiger partial charge in [-0.1, -0.05) is 65.4 Å². The van der Waals surface area contributed by atoms with Crippen molar-refractivity contribution in [3.8, 4) is 11.3 Å². The molecule has 0 atom stereocenters. The first-order chi connectivity index (χ1) is 11.3. The molecule has 114 valence electrons. The van der Waals surface area contributed by atoms with Crippen molar-refractivity contribution in [1.29, 1.82) is 0 Å². The summed E-state index contributed by atoms with van der Waals surface area (Å²) in [5.41, 5.74) is 3.16. The Morgan fingerprint density at radius 3 is 2.78 bits per heavy atom. The van der Waals surface area contributed by atoms with Gasteiger partial charge >= 0.3 is 0 Å². The minimum Gasteiger partial charge on any atom is -0.356 e. The highest BCUT2D eigenvalue weighted by Gasteiger charge is 2.11. The van der Waals surface area contributed by atoms with Crippen molar-refractivity contribution < 1.29 is 0 Å². The quantitative estimate of drug-likeness (QED) is 0.584. The third-order valence-corrected chi connectivity index (χ3v) is 4.61. The van der Waals surface area contributed by atoms with Crippen LogP contribution >= 0.6 is 22.9 Å². The average molecular weight is 341 g/mol. The molecule has 0 unspecified atom stereocenters. The molecule has 0 aliphatic heterocycles. The molecular weight excluding hydrogens is 328 g/mol. The monoisotopic (exact) mass is 340 g/mol. The number of hydrogen-bond donors (Lipinski definition) is 1. The van der Waals surface area contributed by atoms with Gasteiger partial charge in [-0.25, -0.2) is 9.50 Å². The van der Waals surface area contributed by atoms with Crippen molar-refractivity contribution in [2.75, 3.05) is 5.32 Å². The lowest BCUT2D eigenvalue weighted by atomic mass is 10.2. The van der Waals surface area contributed by atoms with Gasteiger partial charge in [0.25, 0.3) is 0 Å². The highest BCUT2D eigenvalue weighted by Crippen LogP contribution is 2.27. The second kappa shape index (κ2) is 6.02. The van der Waals surface area contributed by atoms with E-state index < -0.39 is 0 Å². The molecule has 2 heterocycles. The van der Waals surface area contributed by atoms with Crippen LogP contribution in [0.4, 0.5) is 5.13 Å². The fraction of sp³-hybridized carbons (Fsp3) is 0.0588. The summed E-state index contributed by atoms with van der Waals surface area (Å²) in [6.45, 7) is 0.740. The van der Waals surface area contributed by atoms with Crippen molar-refractivity contribution in [2.24, 2.45) is 0 Å². The van der Waals surface area contributed by atoms with E-state index in [1.54, 1.807) is 0 Å². The largest absolute Gasteiger partial charge is 0.356 e. The zero-order chi connectivity index (χ0) is 15.6. The Kier molecular flexibility index (Phi) is 3.73. The molecule has 23 heavy (non-hydrogen) atoms. The number of nitrogens with zero attached hydrogens (tertiary/aromatic N) is 3. The van der Waals surface area contributed by atoms with Gasteiger partial charge in [-0.2, -0.15) is 0 Å². The Balaban J connectivity index is 1.62. The number of hydrogen-bond acceptors (Lipinski definition) is 4. The topological polar surface area (TPSA) is 42.2 Å². The second-order valence-corrected chi connectivity index (χ2v) is 6.49. The molecule has 0 bridgehead atoms. The van der Waals surface area contributed by atoms with Crippen LogP contribution in [0.5, 0.6) is 0 Å². The summed E-state index contributed by atoms with van der Waals surface area (Å²) in [6, 6.07) is 18.0. The SMILES string of the molecule is Clc1cccc(-c2cnc3sc(NCc4ccccc4)nn23)c1. The van der Waals surface area contributed by atoms with E-state index in [2.05, 4.69) is 27.5 Å². The summed E-state index contributed by atoms with van der Waals surface area (Å²) in [5.74, 6) is 0. The molecule has 4 aromatic rings. The molecule has 2 aromatic heterocycles. The molecule has 0 spiro atoms. The van der Waals surface area contributed by atoms with Crippen LogP contribution < -0.4 is 5.32 Å². The third kappa shape index (κ3) is 2.93. The van der Waals surface area contributed by atoms with Crippen molar-refractivity contribution >= 4 is 33.0 Å². The molecule has 0 aliphatic rings. The minimum absolute atomic E-state index is 0.704. The van der Waals surface area contributed by atoms with Crippen LogP contribution in [-0.4, -0.2) is 14.6 Å². The molecule has 1 N–H and O–H groups in total. The fourth-order valence-electron chi connectivity index (χ4n) is 2.38. The van der Waals surface area contributed by atoms with Gasteiger partial charge in [-0.15, -0.1) is 5.10 Å². The van der Waals surface area contributed by atoms with Crippen molar-refractivity contribution in [1.82, 2.24) is 14.6 Å². The Labute approximate surface area is 142 Å². The minimum atomic E-state index is 0.704. The molecule has 4 rings (SSSR count). The summed E-state index contributed by atoms with van der Waals surface area (Å²) >= 11 is 7.61. The zero-order valence-corrected chi connectivity index (χ0v) is 13.7. The molecular formula is C17H13ClN4S. The van der Waals surface area contributed by atoms with Crippen LogP contribution in [0.2, 0.25) is 5.02 Å². The number of halogens is 1. The first-order valence-electron chi connectivity index (χ1n) is 7.18. The van der Waals surface area contributed by atoms with E-state index in [0.717, 1.165) is 27.9 Å². The van der Waals surface area contributed by atoms with Crippen LogP contribution in [0.3, 0.4) is 0 Å². The molecule has 2 aromatic carbocycles. The third-order valence-electron chi connectivity index (χ3n) is 3.49. The average Bonchev–Trinajstić information content (AvgIpc) is 3.14. The van der Waals surface area contributed by atoms with Crippen molar-refractivity contribution in [3.63, 3.8) is 0 Å². The molecule has 0 fully saturated rings. The maximum atomic E-state index is 6.08. The van der Waals surface area contributed by atoms with Gasteiger partial charge in [-0.3, -0.25) is 0 Å². The summed E-state index contributed by atoms with van der Waals surface area (Å²) in [5, 5.41) is 9.51. The van der Waals surface area contributed by atoms with E-state index >= 15 is 0 Å². The van der Waals surface area contributed by atoms with Crippen LogP contribution in [0.25, 0.3) is 16.2 Å². The molecule has 6 heteroatoms. The molecule has 4 nitrogen and oxygen atoms in total. The molecule has 0 saturated carbocycles.